The van der Waals surface area contributed by atoms with Crippen molar-refractivity contribution >= 4 is 0 Å². The summed E-state index contributed by atoms with van der Waals surface area (Å²) in [5.74, 6) is 1.17. The second-order valence-corrected chi connectivity index (χ2v) is 8.91. The van der Waals surface area contributed by atoms with E-state index in [0.717, 1.165) is 51.0 Å². The molecule has 3 nitrogen and oxygen atoms in total. The molecule has 138 valence electrons. The maximum atomic E-state index is 12.2. The molecule has 0 aliphatic heterocycles. The summed E-state index contributed by atoms with van der Waals surface area (Å²) in [5, 5.41) is 22.3. The van der Waals surface area contributed by atoms with Crippen molar-refractivity contribution in [3.05, 3.63) is 29.3 Å². The smallest absolute Gasteiger partial charge is 0.115 e. The van der Waals surface area contributed by atoms with Gasteiger partial charge in [-0.2, -0.15) is 0 Å². The molecule has 0 amide bonds. The van der Waals surface area contributed by atoms with Crippen LogP contribution in [0.1, 0.15) is 69.4 Å². The van der Waals surface area contributed by atoms with Crippen LogP contribution in [0.5, 0.6) is 5.75 Å². The molecule has 0 saturated heterocycles. The monoisotopic (exact) mass is 343 g/mol. The summed E-state index contributed by atoms with van der Waals surface area (Å²) in [7, 11) is 2.22. The van der Waals surface area contributed by atoms with E-state index in [9.17, 15) is 10.2 Å². The van der Waals surface area contributed by atoms with E-state index < -0.39 is 5.60 Å². The van der Waals surface area contributed by atoms with Crippen molar-refractivity contribution in [1.82, 2.24) is 4.90 Å². The number of aromatic hydroxyl groups is 1. The summed E-state index contributed by atoms with van der Waals surface area (Å²) >= 11 is 0. The minimum atomic E-state index is -0.675. The highest BCUT2D eigenvalue weighted by atomic mass is 16.3. The summed E-state index contributed by atoms with van der Waals surface area (Å²) in [4.78, 5) is 2.46. The first kappa shape index (κ1) is 17.4. The molecule has 0 heterocycles. The molecule has 2 N–H and O–H groups in total. The number of phenols is 1. The fourth-order valence-electron chi connectivity index (χ4n) is 5.95. The standard InChI is InChI=1S/C22H33NO2/c1-3-10-21-11-4-5-12-22(21,25)20(23(2)15-16-6-7-16)13-17-8-9-18(24)14-19(17)21/h8-9,14,16,20,24-25H,3-7,10-13,15H2,1-2H3/t20?,21-,22?/m0/s1. The number of benzene rings is 1. The molecule has 0 radical (unpaired) electrons. The van der Waals surface area contributed by atoms with Crippen molar-refractivity contribution in [2.24, 2.45) is 5.92 Å². The van der Waals surface area contributed by atoms with Gasteiger partial charge in [0.2, 0.25) is 0 Å². The quantitative estimate of drug-likeness (QED) is 0.849. The van der Waals surface area contributed by atoms with Crippen LogP contribution in [0.15, 0.2) is 18.2 Å². The topological polar surface area (TPSA) is 43.7 Å². The third-order valence-electron chi connectivity index (χ3n) is 7.27. The van der Waals surface area contributed by atoms with Crippen LogP contribution in [0.25, 0.3) is 0 Å². The average Bonchev–Trinajstić information content (AvgIpc) is 3.39. The van der Waals surface area contributed by atoms with Crippen LogP contribution < -0.4 is 0 Å². The Morgan fingerprint density at radius 1 is 1.20 bits per heavy atom. The third kappa shape index (κ3) is 2.71. The Morgan fingerprint density at radius 2 is 1.96 bits per heavy atom. The normalized spacial score (nSPS) is 34.6. The number of fused-ring (bicyclic) bond motifs is 3. The predicted molar refractivity (Wildman–Crippen MR) is 101 cm³/mol. The van der Waals surface area contributed by atoms with Gasteiger partial charge in [0.25, 0.3) is 0 Å². The molecule has 3 heteroatoms. The SMILES string of the molecule is CCC[C@@]12CCCCC1(O)C(N(C)CC1CC1)Cc1ccc(O)cc12. The predicted octanol–water partition coefficient (Wildman–Crippen LogP) is 4.00. The summed E-state index contributed by atoms with van der Waals surface area (Å²) < 4.78 is 0. The average molecular weight is 344 g/mol. The molecule has 25 heavy (non-hydrogen) atoms. The van der Waals surface area contributed by atoms with Crippen LogP contribution in [0.4, 0.5) is 0 Å². The van der Waals surface area contributed by atoms with Gasteiger partial charge in [-0.15, -0.1) is 0 Å². The van der Waals surface area contributed by atoms with Crippen LogP contribution in [-0.4, -0.2) is 40.3 Å². The maximum Gasteiger partial charge on any atom is 0.115 e. The molecule has 4 rings (SSSR count). The van der Waals surface area contributed by atoms with Crippen molar-refractivity contribution < 1.29 is 10.2 Å². The van der Waals surface area contributed by atoms with Crippen LogP contribution in [0.3, 0.4) is 0 Å². The van der Waals surface area contributed by atoms with E-state index in [1.54, 1.807) is 0 Å². The first-order valence-electron chi connectivity index (χ1n) is 10.2. The van der Waals surface area contributed by atoms with E-state index >= 15 is 0 Å². The summed E-state index contributed by atoms with van der Waals surface area (Å²) in [5.41, 5.74) is 1.69. The highest BCUT2D eigenvalue weighted by molar-refractivity contribution is 5.47. The number of nitrogens with zero attached hydrogens (tertiary/aromatic N) is 1. The second-order valence-electron chi connectivity index (χ2n) is 8.91. The Morgan fingerprint density at radius 3 is 2.68 bits per heavy atom. The lowest BCUT2D eigenvalue weighted by molar-refractivity contribution is -0.135. The van der Waals surface area contributed by atoms with Crippen molar-refractivity contribution in [2.45, 2.75) is 81.8 Å². The number of aliphatic hydroxyl groups is 1. The third-order valence-corrected chi connectivity index (χ3v) is 7.27. The molecule has 2 saturated carbocycles. The van der Waals surface area contributed by atoms with E-state index in [1.807, 2.05) is 12.1 Å². The van der Waals surface area contributed by atoms with Gasteiger partial charge in [0.1, 0.15) is 5.75 Å². The van der Waals surface area contributed by atoms with Gasteiger partial charge < -0.3 is 10.2 Å². The highest BCUT2D eigenvalue weighted by Crippen LogP contribution is 2.56. The van der Waals surface area contributed by atoms with Gasteiger partial charge in [-0.25, -0.2) is 0 Å². The number of hydrogen-bond donors (Lipinski definition) is 2. The second kappa shape index (κ2) is 6.28. The van der Waals surface area contributed by atoms with Crippen molar-refractivity contribution in [2.75, 3.05) is 13.6 Å². The number of phenolic OH excluding ortho intramolecular Hbond substituents is 1. The van der Waals surface area contributed by atoms with Crippen LogP contribution >= 0.6 is 0 Å². The molecule has 1 aromatic rings. The molecule has 0 spiro atoms. The van der Waals surface area contributed by atoms with Gasteiger partial charge in [-0.3, -0.25) is 4.90 Å². The van der Waals surface area contributed by atoms with E-state index in [-0.39, 0.29) is 11.5 Å². The Balaban J connectivity index is 1.82. The van der Waals surface area contributed by atoms with Gasteiger partial charge in [0.05, 0.1) is 5.60 Å². The molecule has 0 bridgehead atoms. The molecule has 3 atom stereocenters. The highest BCUT2D eigenvalue weighted by Gasteiger charge is 2.60. The fourth-order valence-corrected chi connectivity index (χ4v) is 5.95. The lowest BCUT2D eigenvalue weighted by Gasteiger charge is -2.60. The van der Waals surface area contributed by atoms with Crippen molar-refractivity contribution in [1.29, 1.82) is 0 Å². The van der Waals surface area contributed by atoms with Crippen LogP contribution in [0, 0.1) is 5.92 Å². The molecular weight excluding hydrogens is 310 g/mol. The Labute approximate surface area is 152 Å². The van der Waals surface area contributed by atoms with Crippen LogP contribution in [-0.2, 0) is 11.8 Å². The number of hydrogen-bond acceptors (Lipinski definition) is 3. The Bertz CT molecular complexity index is 637. The first-order valence-corrected chi connectivity index (χ1v) is 10.2. The molecule has 2 unspecified atom stereocenters. The van der Waals surface area contributed by atoms with Crippen LogP contribution in [0.2, 0.25) is 0 Å². The van der Waals surface area contributed by atoms with Gasteiger partial charge in [0, 0.05) is 18.0 Å². The minimum Gasteiger partial charge on any atom is -0.508 e. The largest absolute Gasteiger partial charge is 0.508 e. The van der Waals surface area contributed by atoms with E-state index in [1.165, 1.54) is 30.4 Å². The number of rotatable bonds is 5. The molecule has 3 aliphatic rings. The summed E-state index contributed by atoms with van der Waals surface area (Å²) in [6, 6.07) is 6.08. The summed E-state index contributed by atoms with van der Waals surface area (Å²) in [6.45, 7) is 3.34. The lowest BCUT2D eigenvalue weighted by Crippen LogP contribution is -2.68. The van der Waals surface area contributed by atoms with Gasteiger partial charge in [-0.05, 0) is 74.8 Å². The summed E-state index contributed by atoms with van der Waals surface area (Å²) in [6.07, 6.45) is 9.90. The van der Waals surface area contributed by atoms with Gasteiger partial charge in [0.15, 0.2) is 0 Å². The zero-order chi connectivity index (χ0) is 17.7. The van der Waals surface area contributed by atoms with Crippen molar-refractivity contribution in [3.63, 3.8) is 0 Å². The van der Waals surface area contributed by atoms with E-state index in [4.69, 9.17) is 0 Å². The molecular formula is C22H33NO2. The van der Waals surface area contributed by atoms with E-state index in [2.05, 4.69) is 24.9 Å². The fraction of sp³-hybridized carbons (Fsp3) is 0.727. The zero-order valence-corrected chi connectivity index (χ0v) is 15.8. The Hall–Kier alpha value is -1.06. The lowest BCUT2D eigenvalue weighted by atomic mass is 9.51. The van der Waals surface area contributed by atoms with Gasteiger partial charge in [-0.1, -0.05) is 32.3 Å². The molecule has 3 aliphatic carbocycles. The zero-order valence-electron chi connectivity index (χ0n) is 15.8. The minimum absolute atomic E-state index is 0.192. The number of likely N-dealkylation sites (N-methyl/N-ethyl adjacent to an activating group) is 1. The van der Waals surface area contributed by atoms with Crippen molar-refractivity contribution in [3.8, 4) is 5.75 Å². The Kier molecular flexibility index (Phi) is 4.36. The molecule has 1 aromatic carbocycles. The van der Waals surface area contributed by atoms with Gasteiger partial charge >= 0.3 is 0 Å². The molecule has 2 fully saturated rings. The molecule has 0 aromatic heterocycles. The van der Waals surface area contributed by atoms with E-state index in [0.29, 0.717) is 5.75 Å². The first-order chi connectivity index (χ1) is 12.0. The maximum absolute atomic E-state index is 12.2.